The number of anilines is 2. The molecule has 114 valence electrons. The first-order valence-corrected chi connectivity index (χ1v) is 7.10. The summed E-state index contributed by atoms with van der Waals surface area (Å²) in [6.45, 7) is 2.68. The molecule has 2 rings (SSSR count). The van der Waals surface area contributed by atoms with Crippen LogP contribution < -0.4 is 15.4 Å². The number of likely N-dealkylation sites (N-methyl/N-ethyl adjacent to an activating group) is 1. The van der Waals surface area contributed by atoms with E-state index >= 15 is 0 Å². The van der Waals surface area contributed by atoms with Gasteiger partial charge >= 0.3 is 0 Å². The fourth-order valence-corrected chi connectivity index (χ4v) is 2.23. The summed E-state index contributed by atoms with van der Waals surface area (Å²) in [5.74, 6) is 0.184. The minimum absolute atomic E-state index is 0.0103. The Morgan fingerprint density at radius 3 is 2.95 bits per heavy atom. The van der Waals surface area contributed by atoms with Gasteiger partial charge in [-0.05, 0) is 18.6 Å². The van der Waals surface area contributed by atoms with E-state index in [4.69, 9.17) is 10.5 Å². The molecule has 0 aliphatic carbocycles. The van der Waals surface area contributed by atoms with Gasteiger partial charge in [-0.3, -0.25) is 14.5 Å². The summed E-state index contributed by atoms with van der Waals surface area (Å²) < 4.78 is 5.36. The lowest BCUT2D eigenvalue weighted by Crippen LogP contribution is -2.46. The molecule has 1 aromatic carbocycles. The van der Waals surface area contributed by atoms with E-state index < -0.39 is 0 Å². The second-order valence-electron chi connectivity index (χ2n) is 5.13. The van der Waals surface area contributed by atoms with Crippen LogP contribution in [-0.4, -0.2) is 43.5 Å². The van der Waals surface area contributed by atoms with Gasteiger partial charge in [0.25, 0.3) is 5.91 Å². The number of hydrogen-bond donors (Lipinski definition) is 1. The first kappa shape index (κ1) is 15.2. The Bertz CT molecular complexity index is 545. The summed E-state index contributed by atoms with van der Waals surface area (Å²) in [5, 5.41) is 0. The standard InChI is InChI=1S/C15H21N3O3/c1-3-4-8-17(2)13(19)9-18-14(20)10-21-12-7-5-6-11(16)15(12)18/h5-7H,3-4,8-10,16H2,1-2H3. The molecule has 0 spiro atoms. The molecule has 1 heterocycles. The van der Waals surface area contributed by atoms with Crippen LogP contribution in [0.25, 0.3) is 0 Å². The molecule has 0 fully saturated rings. The average molecular weight is 291 g/mol. The predicted octanol–water partition coefficient (Wildman–Crippen LogP) is 1.25. The third-order valence-electron chi connectivity index (χ3n) is 3.52. The molecule has 0 aromatic heterocycles. The topological polar surface area (TPSA) is 75.9 Å². The van der Waals surface area contributed by atoms with E-state index in [0.717, 1.165) is 12.8 Å². The summed E-state index contributed by atoms with van der Waals surface area (Å²) >= 11 is 0. The van der Waals surface area contributed by atoms with Gasteiger partial charge in [0.15, 0.2) is 6.61 Å². The summed E-state index contributed by atoms with van der Waals surface area (Å²) in [6, 6.07) is 5.20. The molecule has 2 amide bonds. The fourth-order valence-electron chi connectivity index (χ4n) is 2.23. The first-order valence-electron chi connectivity index (χ1n) is 7.10. The Morgan fingerprint density at radius 1 is 1.48 bits per heavy atom. The molecule has 6 nitrogen and oxygen atoms in total. The lowest BCUT2D eigenvalue weighted by molar-refractivity contribution is -0.131. The van der Waals surface area contributed by atoms with E-state index in [1.165, 1.54) is 4.90 Å². The second-order valence-corrected chi connectivity index (χ2v) is 5.13. The van der Waals surface area contributed by atoms with Crippen LogP contribution >= 0.6 is 0 Å². The molecule has 0 saturated heterocycles. The zero-order chi connectivity index (χ0) is 15.4. The van der Waals surface area contributed by atoms with Crippen molar-refractivity contribution in [1.29, 1.82) is 0 Å². The van der Waals surface area contributed by atoms with Crippen LogP contribution in [-0.2, 0) is 9.59 Å². The minimum atomic E-state index is -0.252. The zero-order valence-electron chi connectivity index (χ0n) is 12.5. The fraction of sp³-hybridized carbons (Fsp3) is 0.467. The smallest absolute Gasteiger partial charge is 0.265 e. The second kappa shape index (κ2) is 6.47. The number of carbonyl (C=O) groups is 2. The van der Waals surface area contributed by atoms with Gasteiger partial charge in [0.1, 0.15) is 18.0 Å². The van der Waals surface area contributed by atoms with E-state index in [0.29, 0.717) is 23.7 Å². The number of hydrogen-bond acceptors (Lipinski definition) is 4. The van der Waals surface area contributed by atoms with Gasteiger partial charge in [0.05, 0.1) is 5.69 Å². The number of fused-ring (bicyclic) bond motifs is 1. The molecule has 0 atom stereocenters. The maximum atomic E-state index is 12.2. The van der Waals surface area contributed by atoms with Gasteiger partial charge in [-0.15, -0.1) is 0 Å². The Balaban J connectivity index is 2.17. The highest BCUT2D eigenvalue weighted by Crippen LogP contribution is 2.36. The van der Waals surface area contributed by atoms with Crippen molar-refractivity contribution >= 4 is 23.2 Å². The Morgan fingerprint density at radius 2 is 2.24 bits per heavy atom. The molecule has 1 aliphatic heterocycles. The highest BCUT2D eigenvalue weighted by Gasteiger charge is 2.29. The maximum Gasteiger partial charge on any atom is 0.265 e. The molecular weight excluding hydrogens is 270 g/mol. The van der Waals surface area contributed by atoms with Crippen LogP contribution in [0.5, 0.6) is 5.75 Å². The van der Waals surface area contributed by atoms with E-state index in [2.05, 4.69) is 6.92 Å². The third-order valence-corrected chi connectivity index (χ3v) is 3.52. The lowest BCUT2D eigenvalue weighted by atomic mass is 10.2. The van der Waals surface area contributed by atoms with Crippen molar-refractivity contribution < 1.29 is 14.3 Å². The van der Waals surface area contributed by atoms with E-state index in [1.54, 1.807) is 30.1 Å². The molecule has 0 unspecified atom stereocenters. The Labute approximate surface area is 124 Å². The number of nitrogens with two attached hydrogens (primary N) is 1. The van der Waals surface area contributed by atoms with Crippen molar-refractivity contribution in [2.75, 3.05) is 37.4 Å². The number of benzene rings is 1. The van der Waals surface area contributed by atoms with Crippen molar-refractivity contribution in [1.82, 2.24) is 4.90 Å². The molecule has 2 N–H and O–H groups in total. The van der Waals surface area contributed by atoms with Crippen molar-refractivity contribution in [3.05, 3.63) is 18.2 Å². The molecule has 1 aliphatic rings. The van der Waals surface area contributed by atoms with Gasteiger partial charge in [-0.25, -0.2) is 0 Å². The molecule has 0 radical (unpaired) electrons. The largest absolute Gasteiger partial charge is 0.481 e. The number of rotatable bonds is 5. The van der Waals surface area contributed by atoms with Crippen molar-refractivity contribution in [3.8, 4) is 5.75 Å². The third kappa shape index (κ3) is 3.26. The maximum absolute atomic E-state index is 12.2. The number of nitrogens with zero attached hydrogens (tertiary/aromatic N) is 2. The molecule has 1 aromatic rings. The number of para-hydroxylation sites is 1. The number of unbranched alkanes of at least 4 members (excludes halogenated alkanes) is 1. The zero-order valence-corrected chi connectivity index (χ0v) is 12.5. The van der Waals surface area contributed by atoms with E-state index in [1.807, 2.05) is 0 Å². The van der Waals surface area contributed by atoms with Gasteiger partial charge in [0, 0.05) is 13.6 Å². The number of ether oxygens (including phenoxy) is 1. The summed E-state index contributed by atoms with van der Waals surface area (Å²) in [4.78, 5) is 27.3. The summed E-state index contributed by atoms with van der Waals surface area (Å²) in [7, 11) is 1.75. The highest BCUT2D eigenvalue weighted by atomic mass is 16.5. The van der Waals surface area contributed by atoms with Crippen LogP contribution in [0, 0.1) is 0 Å². The first-order chi connectivity index (χ1) is 10.0. The molecule has 0 saturated carbocycles. The Kier molecular flexibility index (Phi) is 4.67. The van der Waals surface area contributed by atoms with Gasteiger partial charge in [-0.1, -0.05) is 19.4 Å². The normalized spacial score (nSPS) is 13.6. The predicted molar refractivity (Wildman–Crippen MR) is 81.2 cm³/mol. The van der Waals surface area contributed by atoms with Crippen LogP contribution in [0.2, 0.25) is 0 Å². The molecule has 21 heavy (non-hydrogen) atoms. The van der Waals surface area contributed by atoms with Crippen LogP contribution in [0.3, 0.4) is 0 Å². The summed E-state index contributed by atoms with van der Waals surface area (Å²) in [5.41, 5.74) is 6.85. The lowest BCUT2D eigenvalue weighted by Gasteiger charge is -2.31. The molecular formula is C15H21N3O3. The van der Waals surface area contributed by atoms with Gasteiger partial charge in [0.2, 0.25) is 5.91 Å². The van der Waals surface area contributed by atoms with Crippen LogP contribution in [0.4, 0.5) is 11.4 Å². The summed E-state index contributed by atoms with van der Waals surface area (Å²) in [6.07, 6.45) is 1.96. The quantitative estimate of drug-likeness (QED) is 0.828. The van der Waals surface area contributed by atoms with Crippen molar-refractivity contribution in [3.63, 3.8) is 0 Å². The van der Waals surface area contributed by atoms with Crippen molar-refractivity contribution in [2.45, 2.75) is 19.8 Å². The number of carbonyl (C=O) groups excluding carboxylic acids is 2. The highest BCUT2D eigenvalue weighted by molar-refractivity contribution is 6.04. The van der Waals surface area contributed by atoms with Gasteiger partial charge in [-0.2, -0.15) is 0 Å². The SMILES string of the molecule is CCCCN(C)C(=O)CN1C(=O)COc2cccc(N)c21. The monoisotopic (exact) mass is 291 g/mol. The van der Waals surface area contributed by atoms with Gasteiger partial charge < -0.3 is 15.4 Å². The average Bonchev–Trinajstić information content (AvgIpc) is 2.47. The molecule has 6 heteroatoms. The minimum Gasteiger partial charge on any atom is -0.481 e. The molecule has 0 bridgehead atoms. The van der Waals surface area contributed by atoms with E-state index in [9.17, 15) is 9.59 Å². The van der Waals surface area contributed by atoms with Crippen LogP contribution in [0.15, 0.2) is 18.2 Å². The Hall–Kier alpha value is -2.24. The van der Waals surface area contributed by atoms with Crippen molar-refractivity contribution in [2.24, 2.45) is 0 Å². The van der Waals surface area contributed by atoms with E-state index in [-0.39, 0.29) is 25.0 Å². The number of nitrogen functional groups attached to an aromatic ring is 1. The number of amides is 2. The van der Waals surface area contributed by atoms with Crippen LogP contribution in [0.1, 0.15) is 19.8 Å².